The van der Waals surface area contributed by atoms with Gasteiger partial charge < -0.3 is 9.15 Å². The predicted octanol–water partition coefficient (Wildman–Crippen LogP) is 4.58. The van der Waals surface area contributed by atoms with Gasteiger partial charge in [0.25, 0.3) is 0 Å². The predicted molar refractivity (Wildman–Crippen MR) is 81.8 cm³/mol. The lowest BCUT2D eigenvalue weighted by Crippen LogP contribution is -2.09. The van der Waals surface area contributed by atoms with Crippen molar-refractivity contribution in [3.8, 4) is 5.75 Å². The lowest BCUT2D eigenvalue weighted by molar-refractivity contribution is 0.0703. The van der Waals surface area contributed by atoms with Crippen molar-refractivity contribution in [2.45, 2.75) is 20.8 Å². The Bertz CT molecular complexity index is 807. The quantitative estimate of drug-likeness (QED) is 0.509. The van der Waals surface area contributed by atoms with Crippen LogP contribution in [-0.4, -0.2) is 5.97 Å². The van der Waals surface area contributed by atoms with E-state index in [-0.39, 0.29) is 5.76 Å². The van der Waals surface area contributed by atoms with E-state index in [0.29, 0.717) is 11.3 Å². The number of benzene rings is 2. The van der Waals surface area contributed by atoms with Crippen molar-refractivity contribution in [3.63, 3.8) is 0 Å². The summed E-state index contributed by atoms with van der Waals surface area (Å²) in [6.07, 6.45) is 0. The second-order valence-electron chi connectivity index (χ2n) is 5.27. The third-order valence-corrected chi connectivity index (χ3v) is 3.43. The van der Waals surface area contributed by atoms with Gasteiger partial charge >= 0.3 is 5.97 Å². The third kappa shape index (κ3) is 2.55. The molecule has 0 aliphatic carbocycles. The molecule has 0 amide bonds. The molecule has 21 heavy (non-hydrogen) atoms. The number of furan rings is 1. The fourth-order valence-corrected chi connectivity index (χ4v) is 2.51. The van der Waals surface area contributed by atoms with E-state index in [1.807, 2.05) is 63.2 Å². The molecule has 3 aromatic rings. The van der Waals surface area contributed by atoms with E-state index in [1.54, 1.807) is 0 Å². The van der Waals surface area contributed by atoms with E-state index in [2.05, 4.69) is 0 Å². The van der Waals surface area contributed by atoms with Gasteiger partial charge in [-0.15, -0.1) is 0 Å². The lowest BCUT2D eigenvalue weighted by Gasteiger charge is -2.05. The summed E-state index contributed by atoms with van der Waals surface area (Å²) < 4.78 is 11.1. The SMILES string of the molecule is Cc1cc(C)cc(OC(=O)c2oc3ccccc3c2C)c1. The molecule has 0 saturated heterocycles. The van der Waals surface area contributed by atoms with Crippen molar-refractivity contribution in [3.05, 3.63) is 64.9 Å². The maximum Gasteiger partial charge on any atom is 0.379 e. The molecule has 0 radical (unpaired) electrons. The van der Waals surface area contributed by atoms with Crippen LogP contribution < -0.4 is 4.74 Å². The molecule has 0 unspecified atom stereocenters. The number of aryl methyl sites for hydroxylation is 3. The fraction of sp³-hybridized carbons (Fsp3) is 0.167. The van der Waals surface area contributed by atoms with Crippen LogP contribution in [0.3, 0.4) is 0 Å². The molecule has 3 heteroatoms. The number of carbonyl (C=O) groups excluding carboxylic acids is 1. The molecule has 3 nitrogen and oxygen atoms in total. The smallest absolute Gasteiger partial charge is 0.379 e. The Morgan fingerprint density at radius 3 is 2.33 bits per heavy atom. The number of rotatable bonds is 2. The Kier molecular flexibility index (Phi) is 3.26. The van der Waals surface area contributed by atoms with Crippen molar-refractivity contribution >= 4 is 16.9 Å². The number of para-hydroxylation sites is 1. The minimum Gasteiger partial charge on any atom is -0.449 e. The van der Waals surface area contributed by atoms with Gasteiger partial charge in [0.1, 0.15) is 11.3 Å². The van der Waals surface area contributed by atoms with E-state index in [4.69, 9.17) is 9.15 Å². The minimum atomic E-state index is -0.464. The summed E-state index contributed by atoms with van der Waals surface area (Å²) >= 11 is 0. The van der Waals surface area contributed by atoms with Crippen molar-refractivity contribution in [2.75, 3.05) is 0 Å². The Labute approximate surface area is 123 Å². The molecule has 1 aromatic heterocycles. The molecular weight excluding hydrogens is 264 g/mol. The molecule has 0 aliphatic heterocycles. The monoisotopic (exact) mass is 280 g/mol. The van der Waals surface area contributed by atoms with Crippen LogP contribution in [0.25, 0.3) is 11.0 Å². The van der Waals surface area contributed by atoms with Gasteiger partial charge in [0.05, 0.1) is 0 Å². The highest BCUT2D eigenvalue weighted by Gasteiger charge is 2.19. The number of carbonyl (C=O) groups is 1. The summed E-state index contributed by atoms with van der Waals surface area (Å²) in [4.78, 5) is 12.3. The highest BCUT2D eigenvalue weighted by atomic mass is 16.5. The zero-order chi connectivity index (χ0) is 15.0. The summed E-state index contributed by atoms with van der Waals surface area (Å²) in [6, 6.07) is 13.3. The zero-order valence-corrected chi connectivity index (χ0v) is 12.3. The Morgan fingerprint density at radius 2 is 1.67 bits per heavy atom. The molecule has 0 aliphatic rings. The first-order valence-electron chi connectivity index (χ1n) is 6.83. The van der Waals surface area contributed by atoms with Gasteiger partial charge in [-0.05, 0) is 50.1 Å². The van der Waals surface area contributed by atoms with Crippen LogP contribution in [0.1, 0.15) is 27.2 Å². The lowest BCUT2D eigenvalue weighted by atomic mass is 10.1. The first-order chi connectivity index (χ1) is 10.0. The topological polar surface area (TPSA) is 39.4 Å². The zero-order valence-electron chi connectivity index (χ0n) is 12.3. The van der Waals surface area contributed by atoms with Gasteiger partial charge in [-0.25, -0.2) is 4.79 Å². The molecule has 3 rings (SSSR count). The molecule has 0 N–H and O–H groups in total. The molecule has 0 spiro atoms. The van der Waals surface area contributed by atoms with Crippen molar-refractivity contribution in [1.82, 2.24) is 0 Å². The average molecular weight is 280 g/mol. The van der Waals surface area contributed by atoms with Crippen LogP contribution in [0.5, 0.6) is 5.75 Å². The second-order valence-corrected chi connectivity index (χ2v) is 5.27. The Hall–Kier alpha value is -2.55. The van der Waals surface area contributed by atoms with Crippen LogP contribution in [0.4, 0.5) is 0 Å². The van der Waals surface area contributed by atoms with Crippen molar-refractivity contribution in [2.24, 2.45) is 0 Å². The highest BCUT2D eigenvalue weighted by Crippen LogP contribution is 2.26. The summed E-state index contributed by atoms with van der Waals surface area (Å²) in [7, 11) is 0. The number of esters is 1. The average Bonchev–Trinajstić information content (AvgIpc) is 2.76. The maximum absolute atomic E-state index is 12.3. The largest absolute Gasteiger partial charge is 0.449 e. The number of fused-ring (bicyclic) bond motifs is 1. The minimum absolute atomic E-state index is 0.260. The van der Waals surface area contributed by atoms with Crippen LogP contribution in [-0.2, 0) is 0 Å². The third-order valence-electron chi connectivity index (χ3n) is 3.43. The van der Waals surface area contributed by atoms with Gasteiger partial charge in [0.15, 0.2) is 0 Å². The van der Waals surface area contributed by atoms with Gasteiger partial charge in [0.2, 0.25) is 5.76 Å². The molecule has 2 aromatic carbocycles. The standard InChI is InChI=1S/C18H16O3/c1-11-8-12(2)10-14(9-11)20-18(19)17-13(3)15-6-4-5-7-16(15)21-17/h4-10H,1-3H3. The maximum atomic E-state index is 12.3. The number of hydrogen-bond donors (Lipinski definition) is 0. The van der Waals surface area contributed by atoms with Gasteiger partial charge in [-0.3, -0.25) is 0 Å². The van der Waals surface area contributed by atoms with E-state index < -0.39 is 5.97 Å². The van der Waals surface area contributed by atoms with Gasteiger partial charge in [-0.2, -0.15) is 0 Å². The summed E-state index contributed by atoms with van der Waals surface area (Å²) in [5.41, 5.74) is 3.61. The van der Waals surface area contributed by atoms with E-state index >= 15 is 0 Å². The summed E-state index contributed by atoms with van der Waals surface area (Å²) in [5, 5.41) is 0.935. The summed E-state index contributed by atoms with van der Waals surface area (Å²) in [6.45, 7) is 5.80. The Morgan fingerprint density at radius 1 is 1.00 bits per heavy atom. The first-order valence-corrected chi connectivity index (χ1v) is 6.83. The summed E-state index contributed by atoms with van der Waals surface area (Å²) in [5.74, 6) is 0.335. The van der Waals surface area contributed by atoms with Crippen molar-refractivity contribution in [1.29, 1.82) is 0 Å². The molecular formula is C18H16O3. The van der Waals surface area contributed by atoms with Crippen LogP contribution in [0.2, 0.25) is 0 Å². The number of hydrogen-bond acceptors (Lipinski definition) is 3. The normalized spacial score (nSPS) is 10.8. The first kappa shape index (κ1) is 13.4. The van der Waals surface area contributed by atoms with E-state index in [0.717, 1.165) is 22.1 Å². The second kappa shape index (κ2) is 5.09. The highest BCUT2D eigenvalue weighted by molar-refractivity contribution is 5.96. The number of ether oxygens (including phenoxy) is 1. The molecule has 0 bridgehead atoms. The molecule has 106 valence electrons. The molecule has 0 fully saturated rings. The van der Waals surface area contributed by atoms with Gasteiger partial charge in [-0.1, -0.05) is 24.3 Å². The Balaban J connectivity index is 1.95. The molecule has 0 atom stereocenters. The van der Waals surface area contributed by atoms with Crippen molar-refractivity contribution < 1.29 is 13.9 Å². The molecule has 0 saturated carbocycles. The van der Waals surface area contributed by atoms with Crippen LogP contribution in [0.15, 0.2) is 46.9 Å². The van der Waals surface area contributed by atoms with E-state index in [9.17, 15) is 4.79 Å². The van der Waals surface area contributed by atoms with Gasteiger partial charge in [0, 0.05) is 10.9 Å². The van der Waals surface area contributed by atoms with E-state index in [1.165, 1.54) is 0 Å². The molecule has 1 heterocycles. The fourth-order valence-electron chi connectivity index (χ4n) is 2.51. The van der Waals surface area contributed by atoms with Crippen LogP contribution >= 0.6 is 0 Å². The van der Waals surface area contributed by atoms with Crippen LogP contribution in [0, 0.1) is 20.8 Å².